The molecule has 1 fully saturated rings. The molecular formula is C12H18. The second kappa shape index (κ2) is 2.76. The monoisotopic (exact) mass is 162 g/mol. The fraction of sp³-hybridized carbons (Fsp3) is 0.667. The van der Waals surface area contributed by atoms with Crippen molar-refractivity contribution in [1.82, 2.24) is 0 Å². The van der Waals surface area contributed by atoms with E-state index in [-0.39, 0.29) is 0 Å². The molecule has 66 valence electrons. The van der Waals surface area contributed by atoms with Crippen molar-refractivity contribution < 1.29 is 0 Å². The van der Waals surface area contributed by atoms with E-state index in [1.54, 1.807) is 5.57 Å². The summed E-state index contributed by atoms with van der Waals surface area (Å²) in [5.41, 5.74) is 2.16. The second-order valence-corrected chi connectivity index (χ2v) is 4.65. The molecule has 0 nitrogen and oxygen atoms in total. The number of allylic oxidation sites excluding steroid dienone is 4. The first kappa shape index (κ1) is 8.10. The Morgan fingerprint density at radius 3 is 2.58 bits per heavy atom. The highest BCUT2D eigenvalue weighted by molar-refractivity contribution is 5.31. The first-order valence-corrected chi connectivity index (χ1v) is 5.09. The van der Waals surface area contributed by atoms with E-state index < -0.39 is 0 Å². The maximum absolute atomic E-state index is 2.45. The van der Waals surface area contributed by atoms with Gasteiger partial charge in [-0.15, -0.1) is 0 Å². The highest BCUT2D eigenvalue weighted by atomic mass is 14.4. The predicted octanol–water partition coefficient (Wildman–Crippen LogP) is 3.70. The van der Waals surface area contributed by atoms with E-state index >= 15 is 0 Å². The normalized spacial score (nSPS) is 32.5. The van der Waals surface area contributed by atoms with Crippen LogP contribution in [-0.4, -0.2) is 0 Å². The topological polar surface area (TPSA) is 0 Å². The van der Waals surface area contributed by atoms with Crippen LogP contribution in [0.15, 0.2) is 23.8 Å². The highest BCUT2D eigenvalue weighted by Gasteiger charge is 2.34. The third-order valence-corrected chi connectivity index (χ3v) is 3.47. The lowest BCUT2D eigenvalue weighted by Gasteiger charge is -2.40. The molecule has 0 aromatic heterocycles. The standard InChI is InChI=1S/C12H18/c1-10-4-6-11(7-5-10)12(2)8-3-9-12/h4,6-7,10H,3,5,8-9H2,1-2H3. The van der Waals surface area contributed by atoms with Crippen molar-refractivity contribution in [2.75, 3.05) is 0 Å². The molecule has 1 unspecified atom stereocenters. The summed E-state index contributed by atoms with van der Waals surface area (Å²) in [5.74, 6) is 0.762. The molecule has 0 amide bonds. The maximum atomic E-state index is 2.45. The molecule has 0 heterocycles. The highest BCUT2D eigenvalue weighted by Crippen LogP contribution is 2.48. The summed E-state index contributed by atoms with van der Waals surface area (Å²) in [6, 6.07) is 0. The van der Waals surface area contributed by atoms with Gasteiger partial charge in [0.15, 0.2) is 0 Å². The average molecular weight is 162 g/mol. The smallest absolute Gasteiger partial charge is 0.00785 e. The van der Waals surface area contributed by atoms with Gasteiger partial charge in [0.2, 0.25) is 0 Å². The van der Waals surface area contributed by atoms with Crippen molar-refractivity contribution in [2.45, 2.75) is 39.5 Å². The predicted molar refractivity (Wildman–Crippen MR) is 53.0 cm³/mol. The van der Waals surface area contributed by atoms with Crippen molar-refractivity contribution in [3.8, 4) is 0 Å². The van der Waals surface area contributed by atoms with Gasteiger partial charge < -0.3 is 0 Å². The van der Waals surface area contributed by atoms with Crippen LogP contribution in [0.5, 0.6) is 0 Å². The Kier molecular flexibility index (Phi) is 1.86. The van der Waals surface area contributed by atoms with Gasteiger partial charge in [-0.2, -0.15) is 0 Å². The quantitative estimate of drug-likeness (QED) is 0.551. The van der Waals surface area contributed by atoms with E-state index in [9.17, 15) is 0 Å². The first-order chi connectivity index (χ1) is 5.71. The number of hydrogen-bond acceptors (Lipinski definition) is 0. The van der Waals surface area contributed by atoms with Gasteiger partial charge in [-0.3, -0.25) is 0 Å². The minimum Gasteiger partial charge on any atom is -0.0811 e. The van der Waals surface area contributed by atoms with E-state index in [0.29, 0.717) is 5.41 Å². The summed E-state index contributed by atoms with van der Waals surface area (Å²) >= 11 is 0. The molecule has 1 atom stereocenters. The van der Waals surface area contributed by atoms with E-state index in [1.807, 2.05) is 0 Å². The third kappa shape index (κ3) is 1.24. The van der Waals surface area contributed by atoms with Crippen molar-refractivity contribution in [3.63, 3.8) is 0 Å². The van der Waals surface area contributed by atoms with Crippen LogP contribution in [0.3, 0.4) is 0 Å². The lowest BCUT2D eigenvalue weighted by Crippen LogP contribution is -2.27. The molecule has 0 aromatic rings. The zero-order valence-corrected chi connectivity index (χ0v) is 8.14. The van der Waals surface area contributed by atoms with Gasteiger partial charge in [0.1, 0.15) is 0 Å². The van der Waals surface area contributed by atoms with E-state index in [2.05, 4.69) is 32.1 Å². The van der Waals surface area contributed by atoms with Crippen LogP contribution in [0.25, 0.3) is 0 Å². The van der Waals surface area contributed by atoms with Gasteiger partial charge in [-0.1, -0.05) is 38.5 Å². The Morgan fingerprint density at radius 1 is 1.42 bits per heavy atom. The summed E-state index contributed by atoms with van der Waals surface area (Å²) in [4.78, 5) is 0. The zero-order valence-electron chi connectivity index (χ0n) is 8.14. The Hall–Kier alpha value is -0.520. The lowest BCUT2D eigenvalue weighted by atomic mass is 9.64. The van der Waals surface area contributed by atoms with Crippen molar-refractivity contribution in [1.29, 1.82) is 0 Å². The Balaban J connectivity index is 2.10. The molecule has 2 aliphatic rings. The van der Waals surface area contributed by atoms with Crippen molar-refractivity contribution in [3.05, 3.63) is 23.8 Å². The van der Waals surface area contributed by atoms with Gasteiger partial charge >= 0.3 is 0 Å². The second-order valence-electron chi connectivity index (χ2n) is 4.65. The molecule has 0 saturated heterocycles. The van der Waals surface area contributed by atoms with Crippen LogP contribution < -0.4 is 0 Å². The average Bonchev–Trinajstić information content (AvgIpc) is 2.02. The minimum absolute atomic E-state index is 0.552. The summed E-state index contributed by atoms with van der Waals surface area (Å²) in [7, 11) is 0. The molecule has 0 N–H and O–H groups in total. The van der Waals surface area contributed by atoms with Gasteiger partial charge in [-0.05, 0) is 36.2 Å². The molecule has 0 heteroatoms. The van der Waals surface area contributed by atoms with Crippen LogP contribution in [-0.2, 0) is 0 Å². The van der Waals surface area contributed by atoms with E-state index in [1.165, 1.54) is 25.7 Å². The summed E-state index contributed by atoms with van der Waals surface area (Å²) in [6.07, 6.45) is 12.6. The third-order valence-electron chi connectivity index (χ3n) is 3.47. The lowest BCUT2D eigenvalue weighted by molar-refractivity contribution is 0.219. The molecule has 0 spiro atoms. The Bertz CT molecular complexity index is 228. The van der Waals surface area contributed by atoms with Gasteiger partial charge in [0.05, 0.1) is 0 Å². The van der Waals surface area contributed by atoms with Crippen molar-refractivity contribution >= 4 is 0 Å². The number of hydrogen-bond donors (Lipinski definition) is 0. The summed E-state index contributed by atoms with van der Waals surface area (Å²) in [6.45, 7) is 4.69. The molecule has 1 saturated carbocycles. The van der Waals surface area contributed by atoms with E-state index in [4.69, 9.17) is 0 Å². The molecule has 0 radical (unpaired) electrons. The van der Waals surface area contributed by atoms with Crippen LogP contribution in [0.1, 0.15) is 39.5 Å². The molecule has 0 aromatic carbocycles. The van der Waals surface area contributed by atoms with Crippen LogP contribution >= 0.6 is 0 Å². The van der Waals surface area contributed by atoms with Gasteiger partial charge in [-0.25, -0.2) is 0 Å². The summed E-state index contributed by atoms with van der Waals surface area (Å²) < 4.78 is 0. The van der Waals surface area contributed by atoms with Crippen LogP contribution in [0.2, 0.25) is 0 Å². The zero-order chi connectivity index (χ0) is 8.60. The molecule has 2 aliphatic carbocycles. The van der Waals surface area contributed by atoms with Gasteiger partial charge in [0.25, 0.3) is 0 Å². The largest absolute Gasteiger partial charge is 0.0811 e. The fourth-order valence-electron chi connectivity index (χ4n) is 2.17. The fourth-order valence-corrected chi connectivity index (χ4v) is 2.17. The molecular weight excluding hydrogens is 144 g/mol. The van der Waals surface area contributed by atoms with E-state index in [0.717, 1.165) is 5.92 Å². The minimum atomic E-state index is 0.552. The van der Waals surface area contributed by atoms with Crippen molar-refractivity contribution in [2.24, 2.45) is 11.3 Å². The Labute approximate surface area is 75.4 Å². The molecule has 0 bridgehead atoms. The van der Waals surface area contributed by atoms with Gasteiger partial charge in [0, 0.05) is 0 Å². The molecule has 0 aliphatic heterocycles. The maximum Gasteiger partial charge on any atom is -0.00785 e. The first-order valence-electron chi connectivity index (χ1n) is 5.09. The Morgan fingerprint density at radius 2 is 2.17 bits per heavy atom. The molecule has 12 heavy (non-hydrogen) atoms. The van der Waals surface area contributed by atoms with Crippen LogP contribution in [0.4, 0.5) is 0 Å². The SMILES string of the molecule is CC1C=CC(C2(C)CCC2)=CC1. The van der Waals surface area contributed by atoms with Crippen LogP contribution in [0, 0.1) is 11.3 Å². The number of rotatable bonds is 1. The summed E-state index contributed by atoms with van der Waals surface area (Å²) in [5, 5.41) is 0. The molecule has 2 rings (SSSR count).